The molecule has 1 aliphatic carbocycles. The van der Waals surface area contributed by atoms with E-state index < -0.39 is 0 Å². The maximum atomic E-state index is 9.97. The van der Waals surface area contributed by atoms with Crippen LogP contribution in [0.15, 0.2) is 23.3 Å². The molecule has 1 saturated carbocycles. The minimum Gasteiger partial charge on any atom is -0.494 e. The third-order valence-corrected chi connectivity index (χ3v) is 5.50. The Morgan fingerprint density at radius 1 is 1.17 bits per heavy atom. The Morgan fingerprint density at radius 2 is 2.03 bits per heavy atom. The molecule has 3 N–H and O–H groups in total. The first-order valence-corrected chi connectivity index (χ1v) is 10.1. The van der Waals surface area contributed by atoms with Crippen LogP contribution in [0.4, 0.5) is 5.82 Å². The molecule has 0 aromatic carbocycles. The van der Waals surface area contributed by atoms with E-state index in [4.69, 9.17) is 9.98 Å². The van der Waals surface area contributed by atoms with Crippen LogP contribution in [-0.2, 0) is 0 Å². The quantitative estimate of drug-likeness (QED) is 0.586. The summed E-state index contributed by atoms with van der Waals surface area (Å²) < 4.78 is 1.77. The molecule has 0 amide bonds. The van der Waals surface area contributed by atoms with Gasteiger partial charge in [0.25, 0.3) is 0 Å². The van der Waals surface area contributed by atoms with E-state index >= 15 is 0 Å². The van der Waals surface area contributed by atoms with Crippen molar-refractivity contribution in [3.05, 3.63) is 34.6 Å². The summed E-state index contributed by atoms with van der Waals surface area (Å²) in [7, 11) is 2.15. The van der Waals surface area contributed by atoms with Gasteiger partial charge in [0.15, 0.2) is 22.9 Å². The summed E-state index contributed by atoms with van der Waals surface area (Å²) in [5.41, 5.74) is 1.99. The van der Waals surface area contributed by atoms with Gasteiger partial charge in [-0.15, -0.1) is 0 Å². The number of likely N-dealkylation sites (N-methyl/N-ethyl adjacent to an activating group) is 1. The van der Waals surface area contributed by atoms with Crippen LogP contribution in [0.3, 0.4) is 0 Å². The fourth-order valence-electron chi connectivity index (χ4n) is 3.70. The third-order valence-electron chi connectivity index (χ3n) is 5.50. The summed E-state index contributed by atoms with van der Waals surface area (Å²) in [6.45, 7) is 3.95. The number of aromatic amines is 1. The van der Waals surface area contributed by atoms with E-state index in [1.165, 1.54) is 6.07 Å². The van der Waals surface area contributed by atoms with Gasteiger partial charge in [-0.05, 0) is 38.9 Å². The number of aromatic nitrogens is 4. The van der Waals surface area contributed by atoms with Gasteiger partial charge >= 0.3 is 0 Å². The molecule has 1 saturated heterocycles. The van der Waals surface area contributed by atoms with E-state index in [1.807, 2.05) is 6.07 Å². The van der Waals surface area contributed by atoms with Crippen LogP contribution in [-0.4, -0.2) is 74.0 Å². The van der Waals surface area contributed by atoms with E-state index in [9.17, 15) is 10.2 Å². The first-order valence-electron chi connectivity index (χ1n) is 10.1. The second-order valence-electron chi connectivity index (χ2n) is 7.91. The number of aromatic hydroxyl groups is 2. The van der Waals surface area contributed by atoms with Gasteiger partial charge in [-0.2, -0.15) is 9.61 Å². The number of rotatable bonds is 3. The number of nitrogens with one attached hydrogen (secondary N) is 1. The second-order valence-corrected chi connectivity index (χ2v) is 7.91. The minimum absolute atomic E-state index is 0.0861. The van der Waals surface area contributed by atoms with Crippen LogP contribution in [0.5, 0.6) is 11.8 Å². The minimum atomic E-state index is -0.0866. The Labute approximate surface area is 167 Å². The normalized spacial score (nSPS) is 20.0. The highest BCUT2D eigenvalue weighted by Gasteiger charge is 2.21. The summed E-state index contributed by atoms with van der Waals surface area (Å²) in [4.78, 5) is 16.9. The van der Waals surface area contributed by atoms with Crippen molar-refractivity contribution < 1.29 is 10.2 Å². The fourth-order valence-corrected chi connectivity index (χ4v) is 3.70. The molecular weight excluding hydrogens is 370 g/mol. The molecule has 4 heterocycles. The monoisotopic (exact) mass is 395 g/mol. The zero-order valence-corrected chi connectivity index (χ0v) is 16.4. The van der Waals surface area contributed by atoms with Crippen LogP contribution in [0, 0.1) is 0 Å². The Balaban J connectivity index is 1.66. The van der Waals surface area contributed by atoms with Crippen LogP contribution < -0.4 is 15.6 Å². The van der Waals surface area contributed by atoms with Gasteiger partial charge < -0.3 is 20.0 Å². The first-order chi connectivity index (χ1) is 14.1. The smallest absolute Gasteiger partial charge is 0.198 e. The summed E-state index contributed by atoms with van der Waals surface area (Å²) in [6.07, 6.45) is 6.81. The molecule has 3 aromatic rings. The van der Waals surface area contributed by atoms with Crippen molar-refractivity contribution in [1.29, 1.82) is 0 Å². The van der Waals surface area contributed by atoms with E-state index in [1.54, 1.807) is 16.8 Å². The lowest BCUT2D eigenvalue weighted by molar-refractivity contribution is 0.360. The van der Waals surface area contributed by atoms with Crippen molar-refractivity contribution in [2.45, 2.75) is 25.3 Å². The van der Waals surface area contributed by atoms with Crippen molar-refractivity contribution in [2.75, 3.05) is 38.1 Å². The Kier molecular flexibility index (Phi) is 4.39. The standard InChI is InChI=1S/C20H25N7O2/c1-25-5-2-6-26(8-7-25)16-11-17(22-15-3-4-15)27-19(23-16)14(12-21-27)9-13-10-18(28)24-20(13)29/h9-12,15,24,28-29H,2-8H2,1H3. The average molecular weight is 395 g/mol. The van der Waals surface area contributed by atoms with Gasteiger partial charge in [-0.3, -0.25) is 9.98 Å². The maximum absolute atomic E-state index is 9.97. The van der Waals surface area contributed by atoms with E-state index in [-0.39, 0.29) is 11.8 Å². The number of fused-ring (bicyclic) bond motifs is 1. The molecular formula is C20H25N7O2. The average Bonchev–Trinajstić information content (AvgIpc) is 3.38. The van der Waals surface area contributed by atoms with Crippen molar-refractivity contribution in [2.24, 2.45) is 4.99 Å². The van der Waals surface area contributed by atoms with Gasteiger partial charge in [0.1, 0.15) is 5.82 Å². The number of nitrogens with zero attached hydrogens (tertiary/aromatic N) is 6. The Morgan fingerprint density at radius 3 is 2.79 bits per heavy atom. The molecule has 5 rings (SSSR count). The highest BCUT2D eigenvalue weighted by atomic mass is 16.3. The zero-order chi connectivity index (χ0) is 20.0. The fraction of sp³-hybridized carbons (Fsp3) is 0.450. The van der Waals surface area contributed by atoms with Gasteiger partial charge in [0.05, 0.1) is 12.2 Å². The third kappa shape index (κ3) is 3.65. The van der Waals surface area contributed by atoms with E-state index in [2.05, 4.69) is 26.9 Å². The van der Waals surface area contributed by atoms with Gasteiger partial charge in [-0.1, -0.05) is 0 Å². The molecule has 0 bridgehead atoms. The van der Waals surface area contributed by atoms with E-state index in [0.717, 1.165) is 62.0 Å². The lowest BCUT2D eigenvalue weighted by Gasteiger charge is -2.21. The lowest BCUT2D eigenvalue weighted by atomic mass is 10.2. The molecule has 0 atom stereocenters. The van der Waals surface area contributed by atoms with Crippen molar-refractivity contribution in [3.63, 3.8) is 0 Å². The molecule has 0 radical (unpaired) electrons. The summed E-state index contributed by atoms with van der Waals surface area (Å²) in [5.74, 6) is 0.733. The molecule has 2 aliphatic rings. The number of H-pyrrole nitrogens is 1. The molecule has 29 heavy (non-hydrogen) atoms. The summed E-state index contributed by atoms with van der Waals surface area (Å²) in [6, 6.07) is 3.88. The maximum Gasteiger partial charge on any atom is 0.198 e. The van der Waals surface area contributed by atoms with Crippen molar-refractivity contribution in [3.8, 4) is 11.8 Å². The topological polar surface area (TPSA) is 105 Å². The SMILES string of the molecule is CN1CCCN(c2cc(=NC3CC3)n3ncc(=Cc4cc(O)[nH]c4O)c3n2)CC1. The highest BCUT2D eigenvalue weighted by molar-refractivity contribution is 5.62. The van der Waals surface area contributed by atoms with Gasteiger partial charge in [0, 0.05) is 42.5 Å². The van der Waals surface area contributed by atoms with E-state index in [0.29, 0.717) is 17.3 Å². The molecule has 1 aliphatic heterocycles. The van der Waals surface area contributed by atoms with Crippen LogP contribution in [0.1, 0.15) is 24.8 Å². The zero-order valence-electron chi connectivity index (χ0n) is 16.4. The largest absolute Gasteiger partial charge is 0.494 e. The van der Waals surface area contributed by atoms with Crippen LogP contribution in [0.2, 0.25) is 0 Å². The molecule has 2 fully saturated rings. The molecule has 152 valence electrons. The van der Waals surface area contributed by atoms with Gasteiger partial charge in [-0.25, -0.2) is 4.98 Å². The first kappa shape index (κ1) is 18.0. The number of hydrogen-bond acceptors (Lipinski definition) is 7. The van der Waals surface area contributed by atoms with Gasteiger partial charge in [0.2, 0.25) is 0 Å². The lowest BCUT2D eigenvalue weighted by Crippen LogP contribution is -2.31. The summed E-state index contributed by atoms with van der Waals surface area (Å²) >= 11 is 0. The molecule has 3 aromatic heterocycles. The van der Waals surface area contributed by atoms with Crippen molar-refractivity contribution in [1.82, 2.24) is 24.5 Å². The molecule has 0 spiro atoms. The second kappa shape index (κ2) is 7.07. The molecule has 9 nitrogen and oxygen atoms in total. The Hall–Kier alpha value is -3.07. The van der Waals surface area contributed by atoms with Crippen LogP contribution in [0.25, 0.3) is 11.7 Å². The number of hydrogen-bond donors (Lipinski definition) is 3. The highest BCUT2D eigenvalue weighted by Crippen LogP contribution is 2.23. The molecule has 9 heteroatoms. The summed E-state index contributed by atoms with van der Waals surface area (Å²) in [5, 5.41) is 24.8. The Bertz CT molecular complexity index is 1160. The predicted molar refractivity (Wildman–Crippen MR) is 109 cm³/mol. The van der Waals surface area contributed by atoms with Crippen molar-refractivity contribution >= 4 is 17.5 Å². The predicted octanol–water partition coefficient (Wildman–Crippen LogP) is 0.221. The molecule has 0 unspecified atom stereocenters. The number of anilines is 1. The van der Waals surface area contributed by atoms with Crippen LogP contribution >= 0.6 is 0 Å².